The van der Waals surface area contributed by atoms with Crippen LogP contribution in [0.4, 0.5) is 5.69 Å². The number of benzene rings is 1. The summed E-state index contributed by atoms with van der Waals surface area (Å²) >= 11 is 0. The van der Waals surface area contributed by atoms with E-state index >= 15 is 0 Å². The van der Waals surface area contributed by atoms with Crippen LogP contribution in [0, 0.1) is 6.92 Å². The fourth-order valence-corrected chi connectivity index (χ4v) is 7.23. The Balaban J connectivity index is 2.10. The molecule has 0 spiro atoms. The average Bonchev–Trinajstić information content (AvgIpc) is 2.75. The molecule has 0 heterocycles. The molecule has 32 heavy (non-hydrogen) atoms. The third-order valence-electron chi connectivity index (χ3n) is 6.07. The van der Waals surface area contributed by atoms with E-state index in [4.69, 9.17) is 18.8 Å². The standard InChI is InChI=1S/C26H44N3O2P/c1-20(2)30-32(31-21(3)4,29-25-18-16-22(5)17-19-25)26(27-23-12-8-6-9-13-23)28-24-14-10-7-11-15-24/h16-21,23-24H,6-15H2,1-5H3,(H,27,28). The van der Waals surface area contributed by atoms with Crippen LogP contribution in [0.5, 0.6) is 0 Å². The molecule has 2 aliphatic carbocycles. The van der Waals surface area contributed by atoms with Gasteiger partial charge in [0.1, 0.15) is 0 Å². The van der Waals surface area contributed by atoms with E-state index < -0.39 is 7.51 Å². The van der Waals surface area contributed by atoms with Gasteiger partial charge in [-0.3, -0.25) is 4.99 Å². The molecule has 0 radical (unpaired) electrons. The molecule has 0 aromatic heterocycles. The molecular formula is C26H44N3O2P. The van der Waals surface area contributed by atoms with Gasteiger partial charge in [0.2, 0.25) is 0 Å². The maximum Gasteiger partial charge on any atom is 0.284 e. The van der Waals surface area contributed by atoms with E-state index in [1.165, 1.54) is 56.9 Å². The third kappa shape index (κ3) is 7.71. The number of nitrogens with zero attached hydrogens (tertiary/aromatic N) is 2. The Hall–Kier alpha value is -1.16. The van der Waals surface area contributed by atoms with Gasteiger partial charge in [0.25, 0.3) is 7.51 Å². The van der Waals surface area contributed by atoms with Gasteiger partial charge in [-0.25, -0.2) is 4.74 Å². The number of rotatable bonds is 8. The van der Waals surface area contributed by atoms with Crippen molar-refractivity contribution in [1.29, 1.82) is 0 Å². The highest BCUT2D eigenvalue weighted by Crippen LogP contribution is 2.57. The SMILES string of the molecule is Cc1ccc(N=P(OC(C)C)(OC(C)C)C(=NC2CCCCC2)NC2CCCCC2)cc1. The van der Waals surface area contributed by atoms with Crippen molar-refractivity contribution in [3.8, 4) is 0 Å². The maximum absolute atomic E-state index is 6.66. The zero-order chi connectivity index (χ0) is 23.0. The van der Waals surface area contributed by atoms with Crippen LogP contribution in [0.1, 0.15) is 97.5 Å². The van der Waals surface area contributed by atoms with Crippen LogP contribution in [0.25, 0.3) is 0 Å². The molecule has 2 fully saturated rings. The Kier molecular flexibility index (Phi) is 9.82. The fraction of sp³-hybridized carbons (Fsp3) is 0.731. The van der Waals surface area contributed by atoms with Crippen LogP contribution in [0.2, 0.25) is 0 Å². The summed E-state index contributed by atoms with van der Waals surface area (Å²) in [5.74, 6) is 0. The molecule has 6 heteroatoms. The van der Waals surface area contributed by atoms with E-state index in [-0.39, 0.29) is 12.2 Å². The molecule has 2 saturated carbocycles. The minimum absolute atomic E-state index is 0.0130. The van der Waals surface area contributed by atoms with Gasteiger partial charge in [-0.15, -0.1) is 0 Å². The zero-order valence-electron chi connectivity index (χ0n) is 20.8. The van der Waals surface area contributed by atoms with Crippen LogP contribution < -0.4 is 5.32 Å². The summed E-state index contributed by atoms with van der Waals surface area (Å²) in [4.78, 5) is 5.33. The van der Waals surface area contributed by atoms with Gasteiger partial charge in [0.15, 0.2) is 5.58 Å². The van der Waals surface area contributed by atoms with E-state index in [0.717, 1.165) is 24.1 Å². The molecule has 2 aliphatic rings. The van der Waals surface area contributed by atoms with Crippen molar-refractivity contribution in [3.63, 3.8) is 0 Å². The Labute approximate surface area is 196 Å². The quantitative estimate of drug-likeness (QED) is 0.242. The Bertz CT molecular complexity index is 763. The van der Waals surface area contributed by atoms with Gasteiger partial charge in [-0.2, -0.15) is 0 Å². The maximum atomic E-state index is 6.66. The highest BCUT2D eigenvalue weighted by Gasteiger charge is 2.35. The summed E-state index contributed by atoms with van der Waals surface area (Å²) < 4.78 is 18.5. The van der Waals surface area contributed by atoms with E-state index in [2.05, 4.69) is 64.2 Å². The number of aryl methyl sites for hydroxylation is 1. The zero-order valence-corrected chi connectivity index (χ0v) is 21.7. The summed E-state index contributed by atoms with van der Waals surface area (Å²) in [6.07, 6.45) is 12.3. The van der Waals surface area contributed by atoms with Gasteiger partial charge >= 0.3 is 0 Å². The van der Waals surface area contributed by atoms with Crippen LogP contribution in [0.3, 0.4) is 0 Å². The average molecular weight is 462 g/mol. The molecule has 0 bridgehead atoms. The second-order valence-electron chi connectivity index (χ2n) is 9.99. The predicted molar refractivity (Wildman–Crippen MR) is 137 cm³/mol. The van der Waals surface area contributed by atoms with Crippen molar-refractivity contribution in [2.24, 2.45) is 9.74 Å². The highest BCUT2D eigenvalue weighted by atomic mass is 31.2. The molecule has 0 unspecified atom stereocenters. The van der Waals surface area contributed by atoms with E-state index in [0.29, 0.717) is 12.1 Å². The molecular weight excluding hydrogens is 417 g/mol. The molecule has 0 amide bonds. The van der Waals surface area contributed by atoms with Gasteiger partial charge in [-0.05, 0) is 72.4 Å². The Morgan fingerprint density at radius 1 is 0.844 bits per heavy atom. The molecule has 3 rings (SSSR count). The lowest BCUT2D eigenvalue weighted by molar-refractivity contribution is 0.176. The van der Waals surface area contributed by atoms with Crippen molar-refractivity contribution in [3.05, 3.63) is 29.8 Å². The van der Waals surface area contributed by atoms with Crippen molar-refractivity contribution in [2.45, 2.75) is 123 Å². The lowest BCUT2D eigenvalue weighted by atomic mass is 9.95. The van der Waals surface area contributed by atoms with Crippen LogP contribution in [-0.4, -0.2) is 29.9 Å². The number of nitrogens with one attached hydrogen (secondary N) is 1. The number of hydrogen-bond donors (Lipinski definition) is 1. The smallest absolute Gasteiger partial charge is 0.284 e. The predicted octanol–water partition coefficient (Wildman–Crippen LogP) is 8.12. The second kappa shape index (κ2) is 12.3. The van der Waals surface area contributed by atoms with Crippen molar-refractivity contribution in [1.82, 2.24) is 5.32 Å². The lowest BCUT2D eigenvalue weighted by Gasteiger charge is -2.34. The molecule has 5 nitrogen and oxygen atoms in total. The largest absolute Gasteiger partial charge is 0.362 e. The van der Waals surface area contributed by atoms with Gasteiger partial charge < -0.3 is 14.4 Å². The van der Waals surface area contributed by atoms with Crippen LogP contribution >= 0.6 is 7.51 Å². The van der Waals surface area contributed by atoms with E-state index in [1.807, 2.05) is 0 Å². The molecule has 1 N–H and O–H groups in total. The van der Waals surface area contributed by atoms with E-state index in [9.17, 15) is 0 Å². The third-order valence-corrected chi connectivity index (χ3v) is 8.76. The first-order valence-electron chi connectivity index (χ1n) is 12.8. The first-order valence-corrected chi connectivity index (χ1v) is 14.3. The van der Waals surface area contributed by atoms with Crippen molar-refractivity contribution >= 4 is 18.8 Å². The normalized spacial score (nSPS) is 19.5. The summed E-state index contributed by atoms with van der Waals surface area (Å²) in [6, 6.07) is 9.08. The number of amidine groups is 1. The Morgan fingerprint density at radius 2 is 1.38 bits per heavy atom. The van der Waals surface area contributed by atoms with Crippen LogP contribution in [0.15, 0.2) is 34.0 Å². The summed E-state index contributed by atoms with van der Waals surface area (Å²) in [7, 11) is -2.82. The van der Waals surface area contributed by atoms with Gasteiger partial charge in [-0.1, -0.05) is 56.2 Å². The molecule has 1 aromatic rings. The Morgan fingerprint density at radius 3 is 1.91 bits per heavy atom. The van der Waals surface area contributed by atoms with Gasteiger partial charge in [0, 0.05) is 6.04 Å². The fourth-order valence-electron chi connectivity index (χ4n) is 4.56. The van der Waals surface area contributed by atoms with E-state index in [1.54, 1.807) is 0 Å². The monoisotopic (exact) mass is 461 g/mol. The highest BCUT2D eigenvalue weighted by molar-refractivity contribution is 7.74. The number of aliphatic imine (C=N–C) groups is 1. The molecule has 180 valence electrons. The first-order chi connectivity index (χ1) is 15.4. The topological polar surface area (TPSA) is 55.2 Å². The lowest BCUT2D eigenvalue weighted by Crippen LogP contribution is -2.38. The summed E-state index contributed by atoms with van der Waals surface area (Å²) in [5.41, 5.74) is 2.99. The molecule has 0 saturated heterocycles. The minimum Gasteiger partial charge on any atom is -0.362 e. The molecule has 0 atom stereocenters. The molecule has 0 aliphatic heterocycles. The molecule has 1 aromatic carbocycles. The first kappa shape index (κ1) is 25.5. The van der Waals surface area contributed by atoms with Crippen molar-refractivity contribution < 1.29 is 9.05 Å². The summed E-state index contributed by atoms with van der Waals surface area (Å²) in [5, 5.41) is 3.84. The second-order valence-corrected chi connectivity index (χ2v) is 12.1. The summed E-state index contributed by atoms with van der Waals surface area (Å²) in [6.45, 7) is 10.4. The number of hydrogen-bond acceptors (Lipinski definition) is 4. The van der Waals surface area contributed by atoms with Crippen LogP contribution in [-0.2, 0) is 9.05 Å². The van der Waals surface area contributed by atoms with Crippen molar-refractivity contribution in [2.75, 3.05) is 0 Å². The minimum atomic E-state index is -2.82. The van der Waals surface area contributed by atoms with Gasteiger partial charge in [0.05, 0.1) is 23.9 Å².